The lowest BCUT2D eigenvalue weighted by atomic mass is 10.1. The average molecular weight is 197 g/mol. The molecule has 1 fully saturated rings. The highest BCUT2D eigenvalue weighted by molar-refractivity contribution is 7.99. The van der Waals surface area contributed by atoms with Gasteiger partial charge in [-0.2, -0.15) is 11.8 Å². The number of carbonyl (C=O) groups excluding carboxylic acids is 1. The van der Waals surface area contributed by atoms with Crippen LogP contribution in [-0.4, -0.2) is 23.5 Å². The third-order valence-corrected chi connectivity index (χ3v) is 3.28. The van der Waals surface area contributed by atoms with Crippen LogP contribution in [0.25, 0.3) is 0 Å². The fourth-order valence-corrected chi connectivity index (χ4v) is 2.55. The number of amides is 1. The number of nitrogens with one attached hydrogen (secondary N) is 1. The number of terminal acetylenes is 1. The Hall–Kier alpha value is -0.620. The van der Waals surface area contributed by atoms with E-state index in [0.717, 1.165) is 17.9 Å². The van der Waals surface area contributed by atoms with Gasteiger partial charge in [0.15, 0.2) is 0 Å². The molecule has 0 aromatic carbocycles. The Kier molecular flexibility index (Phi) is 4.17. The van der Waals surface area contributed by atoms with Crippen LogP contribution < -0.4 is 5.32 Å². The molecular weight excluding hydrogens is 182 g/mol. The van der Waals surface area contributed by atoms with Crippen molar-refractivity contribution in [1.29, 1.82) is 0 Å². The summed E-state index contributed by atoms with van der Waals surface area (Å²) in [6.45, 7) is 1.94. The Morgan fingerprint density at radius 1 is 1.85 bits per heavy atom. The average Bonchev–Trinajstić information content (AvgIpc) is 2.55. The zero-order valence-electron chi connectivity index (χ0n) is 7.88. The number of thioether (sulfide) groups is 1. The zero-order valence-corrected chi connectivity index (χ0v) is 8.69. The van der Waals surface area contributed by atoms with Gasteiger partial charge in [-0.05, 0) is 19.1 Å². The van der Waals surface area contributed by atoms with Gasteiger partial charge in [0, 0.05) is 24.1 Å². The number of rotatable bonds is 3. The summed E-state index contributed by atoms with van der Waals surface area (Å²) in [5.74, 6) is 5.01. The molecule has 0 aromatic heterocycles. The topological polar surface area (TPSA) is 29.1 Å². The molecule has 1 rings (SSSR count). The first-order valence-electron chi connectivity index (χ1n) is 4.55. The molecule has 0 spiro atoms. The third-order valence-electron chi connectivity index (χ3n) is 2.11. The van der Waals surface area contributed by atoms with E-state index in [4.69, 9.17) is 6.42 Å². The highest BCUT2D eigenvalue weighted by atomic mass is 32.2. The van der Waals surface area contributed by atoms with Gasteiger partial charge in [0.05, 0.1) is 0 Å². The van der Waals surface area contributed by atoms with Crippen molar-refractivity contribution in [1.82, 2.24) is 5.32 Å². The highest BCUT2D eigenvalue weighted by Crippen LogP contribution is 2.23. The van der Waals surface area contributed by atoms with E-state index in [0.29, 0.717) is 6.42 Å². The normalized spacial score (nSPS) is 23.5. The molecule has 2 atom stereocenters. The highest BCUT2D eigenvalue weighted by Gasteiger charge is 2.23. The second-order valence-electron chi connectivity index (χ2n) is 3.38. The Balaban J connectivity index is 2.28. The van der Waals surface area contributed by atoms with Gasteiger partial charge in [-0.25, -0.2) is 0 Å². The fourth-order valence-electron chi connectivity index (χ4n) is 1.33. The third kappa shape index (κ3) is 3.31. The number of hydrogen-bond acceptors (Lipinski definition) is 2. The molecule has 0 aromatic rings. The summed E-state index contributed by atoms with van der Waals surface area (Å²) >= 11 is 1.85. The molecule has 72 valence electrons. The van der Waals surface area contributed by atoms with E-state index in [2.05, 4.69) is 11.2 Å². The van der Waals surface area contributed by atoms with Crippen molar-refractivity contribution < 1.29 is 4.79 Å². The van der Waals surface area contributed by atoms with Crippen molar-refractivity contribution in [2.24, 2.45) is 5.92 Å². The Morgan fingerprint density at radius 2 is 2.62 bits per heavy atom. The summed E-state index contributed by atoms with van der Waals surface area (Å²) in [6.07, 6.45) is 6.78. The minimum Gasteiger partial charge on any atom is -0.352 e. The van der Waals surface area contributed by atoms with Crippen molar-refractivity contribution in [2.75, 3.05) is 11.5 Å². The molecule has 0 bridgehead atoms. The van der Waals surface area contributed by atoms with Crippen molar-refractivity contribution in [3.05, 3.63) is 0 Å². The monoisotopic (exact) mass is 197 g/mol. The van der Waals surface area contributed by atoms with Crippen LogP contribution in [0, 0.1) is 18.3 Å². The second kappa shape index (κ2) is 5.18. The van der Waals surface area contributed by atoms with E-state index in [1.807, 2.05) is 18.7 Å². The first-order chi connectivity index (χ1) is 6.24. The van der Waals surface area contributed by atoms with Gasteiger partial charge in [0.25, 0.3) is 0 Å². The zero-order chi connectivity index (χ0) is 9.68. The number of carbonyl (C=O) groups is 1. The van der Waals surface area contributed by atoms with Gasteiger partial charge >= 0.3 is 0 Å². The Morgan fingerprint density at radius 3 is 3.15 bits per heavy atom. The molecular formula is C10H15NOS. The van der Waals surface area contributed by atoms with E-state index in [1.54, 1.807) is 0 Å². The standard InChI is InChI=1S/C10H15NOS/c1-3-4-8(2)11-10(12)9-5-6-13-7-9/h1,8-9H,4-7H2,2H3,(H,11,12). The molecule has 0 radical (unpaired) electrons. The SMILES string of the molecule is C#CCC(C)NC(=O)C1CCSC1. The molecule has 13 heavy (non-hydrogen) atoms. The maximum absolute atomic E-state index is 11.5. The second-order valence-corrected chi connectivity index (χ2v) is 4.53. The largest absolute Gasteiger partial charge is 0.352 e. The van der Waals surface area contributed by atoms with Crippen molar-refractivity contribution in [3.63, 3.8) is 0 Å². The summed E-state index contributed by atoms with van der Waals surface area (Å²) in [6, 6.07) is 0.114. The molecule has 1 aliphatic heterocycles. The fraction of sp³-hybridized carbons (Fsp3) is 0.700. The van der Waals surface area contributed by atoms with Gasteiger partial charge < -0.3 is 5.32 Å². The number of hydrogen-bond donors (Lipinski definition) is 1. The van der Waals surface area contributed by atoms with Gasteiger partial charge in [-0.15, -0.1) is 12.3 Å². The molecule has 2 nitrogen and oxygen atoms in total. The minimum atomic E-state index is 0.114. The summed E-state index contributed by atoms with van der Waals surface area (Å²) in [5.41, 5.74) is 0. The first-order valence-corrected chi connectivity index (χ1v) is 5.71. The molecule has 1 heterocycles. The van der Waals surface area contributed by atoms with E-state index in [9.17, 15) is 4.79 Å². The quantitative estimate of drug-likeness (QED) is 0.690. The lowest BCUT2D eigenvalue weighted by molar-refractivity contribution is -0.124. The van der Waals surface area contributed by atoms with E-state index in [-0.39, 0.29) is 17.9 Å². The summed E-state index contributed by atoms with van der Waals surface area (Å²) < 4.78 is 0. The summed E-state index contributed by atoms with van der Waals surface area (Å²) in [7, 11) is 0. The summed E-state index contributed by atoms with van der Waals surface area (Å²) in [4.78, 5) is 11.5. The molecule has 1 aliphatic rings. The van der Waals surface area contributed by atoms with Crippen LogP contribution in [0.2, 0.25) is 0 Å². The molecule has 3 heteroatoms. The maximum atomic E-state index is 11.5. The Bertz CT molecular complexity index is 215. The van der Waals surface area contributed by atoms with Crippen LogP contribution in [0.15, 0.2) is 0 Å². The summed E-state index contributed by atoms with van der Waals surface area (Å²) in [5, 5.41) is 2.93. The van der Waals surface area contributed by atoms with Gasteiger partial charge in [-0.3, -0.25) is 4.79 Å². The van der Waals surface area contributed by atoms with Gasteiger partial charge in [-0.1, -0.05) is 0 Å². The molecule has 1 N–H and O–H groups in total. The van der Waals surface area contributed by atoms with Crippen molar-refractivity contribution in [3.8, 4) is 12.3 Å². The van der Waals surface area contributed by atoms with Crippen LogP contribution >= 0.6 is 11.8 Å². The first kappa shape index (κ1) is 10.5. The molecule has 0 saturated carbocycles. The molecule has 1 amide bonds. The molecule has 1 saturated heterocycles. The smallest absolute Gasteiger partial charge is 0.224 e. The van der Waals surface area contributed by atoms with Crippen LogP contribution in [0.5, 0.6) is 0 Å². The van der Waals surface area contributed by atoms with Crippen molar-refractivity contribution in [2.45, 2.75) is 25.8 Å². The van der Waals surface area contributed by atoms with Crippen LogP contribution in [0.4, 0.5) is 0 Å². The van der Waals surface area contributed by atoms with Crippen LogP contribution in [-0.2, 0) is 4.79 Å². The van der Waals surface area contributed by atoms with E-state index < -0.39 is 0 Å². The van der Waals surface area contributed by atoms with E-state index >= 15 is 0 Å². The van der Waals surface area contributed by atoms with E-state index in [1.165, 1.54) is 0 Å². The lowest BCUT2D eigenvalue weighted by Gasteiger charge is -2.14. The lowest BCUT2D eigenvalue weighted by Crippen LogP contribution is -2.37. The Labute approximate surface area is 83.9 Å². The van der Waals surface area contributed by atoms with Crippen molar-refractivity contribution >= 4 is 17.7 Å². The molecule has 2 unspecified atom stereocenters. The van der Waals surface area contributed by atoms with Crippen LogP contribution in [0.1, 0.15) is 19.8 Å². The van der Waals surface area contributed by atoms with Crippen LogP contribution in [0.3, 0.4) is 0 Å². The molecule has 0 aliphatic carbocycles. The predicted molar refractivity (Wildman–Crippen MR) is 56.5 cm³/mol. The predicted octanol–water partition coefficient (Wildman–Crippen LogP) is 1.27. The minimum absolute atomic E-state index is 0.114. The van der Waals surface area contributed by atoms with Gasteiger partial charge in [0.2, 0.25) is 5.91 Å². The maximum Gasteiger partial charge on any atom is 0.224 e. The van der Waals surface area contributed by atoms with Gasteiger partial charge in [0.1, 0.15) is 0 Å².